The fourth-order valence-electron chi connectivity index (χ4n) is 7.63. The number of benzene rings is 7. The van der Waals surface area contributed by atoms with Gasteiger partial charge in [0.05, 0.1) is 22.3 Å². The van der Waals surface area contributed by atoms with Gasteiger partial charge in [0, 0.05) is 66.8 Å². The molecule has 21 heteroatoms. The summed E-state index contributed by atoms with van der Waals surface area (Å²) in [7, 11) is 1.50. The highest BCUT2D eigenvalue weighted by Crippen LogP contribution is 2.17. The summed E-state index contributed by atoms with van der Waals surface area (Å²) >= 11 is 0. The van der Waals surface area contributed by atoms with E-state index in [-0.39, 0.29) is 103 Å². The molecule has 0 fully saturated rings. The van der Waals surface area contributed by atoms with Gasteiger partial charge in [-0.05, 0) is 243 Å². The summed E-state index contributed by atoms with van der Waals surface area (Å²) in [6, 6.07) is 35.4. The molecule has 498 valence electrons. The maximum atomic E-state index is 11.2. The number of ketones is 12. The van der Waals surface area contributed by atoms with Gasteiger partial charge in [-0.25, -0.2) is 19.2 Å². The number of nitrogens with two attached hydrogens (primary N) is 1. The quantitative estimate of drug-likeness (QED) is 0.0561. The smallest absolute Gasteiger partial charge is 0.335 e. The predicted octanol–water partition coefficient (Wildman–Crippen LogP) is 13.5. The number of aryl methyl sites for hydroxylation is 3. The van der Waals surface area contributed by atoms with Crippen LogP contribution in [0.2, 0.25) is 0 Å². The second-order valence-electron chi connectivity index (χ2n) is 20.9. The monoisotopic (exact) mass is 1300 g/mol. The molecule has 0 atom stereocenters. The summed E-state index contributed by atoms with van der Waals surface area (Å²) in [5, 5.41) is 34.6. The van der Waals surface area contributed by atoms with Gasteiger partial charge in [-0.1, -0.05) is 24.3 Å². The van der Waals surface area contributed by atoms with Crippen molar-refractivity contribution in [1.82, 2.24) is 0 Å². The average molecular weight is 1300 g/mol. The van der Waals surface area contributed by atoms with Crippen LogP contribution in [0, 0.1) is 20.8 Å². The fourth-order valence-corrected chi connectivity index (χ4v) is 7.63. The molecule has 7 aromatic carbocycles. The highest BCUT2D eigenvalue weighted by Gasteiger charge is 2.14. The van der Waals surface area contributed by atoms with E-state index < -0.39 is 23.9 Å². The molecule has 21 nitrogen and oxygen atoms in total. The summed E-state index contributed by atoms with van der Waals surface area (Å²) in [5.74, 6) is -5.58. The van der Waals surface area contributed by atoms with Gasteiger partial charge in [0.15, 0.2) is 69.4 Å². The van der Waals surface area contributed by atoms with Crippen LogP contribution >= 0.6 is 0 Å². The zero-order valence-corrected chi connectivity index (χ0v) is 55.7. The van der Waals surface area contributed by atoms with Crippen molar-refractivity contribution in [3.8, 4) is 0 Å². The van der Waals surface area contributed by atoms with Gasteiger partial charge < -0.3 is 26.2 Å². The van der Waals surface area contributed by atoms with E-state index in [1.807, 2.05) is 13.8 Å². The lowest BCUT2D eigenvalue weighted by Gasteiger charge is -2.03. The molecule has 0 saturated heterocycles. The topological polar surface area (TPSA) is 380 Å². The Bertz CT molecular complexity index is 3480. The molecule has 7 aromatic rings. The number of Topliss-reactive ketones (excluding diaryl/α,β-unsaturated/α-hetero) is 12. The largest absolute Gasteiger partial charge is 0.478 e. The van der Waals surface area contributed by atoms with E-state index in [0.29, 0.717) is 55.6 Å². The molecule has 0 amide bonds. The molecule has 6 N–H and O–H groups in total. The molecule has 0 unspecified atom stereocenters. The van der Waals surface area contributed by atoms with Crippen LogP contribution in [-0.4, -0.2) is 121 Å². The van der Waals surface area contributed by atoms with E-state index in [4.69, 9.17) is 20.4 Å². The van der Waals surface area contributed by atoms with Gasteiger partial charge in [-0.15, -0.1) is 0 Å². The normalized spacial score (nSPS) is 9.53. The number of aromatic carboxylic acids is 4. The Labute approximate surface area is 550 Å². The van der Waals surface area contributed by atoms with Crippen LogP contribution in [-0.2, 0) is 0 Å². The van der Waals surface area contributed by atoms with Crippen LogP contribution in [0.5, 0.6) is 0 Å². The number of hydrogen-bond donors (Lipinski definition) is 5. The highest BCUT2D eigenvalue weighted by atomic mass is 16.4. The maximum absolute atomic E-state index is 11.2. The molecule has 0 aliphatic heterocycles. The van der Waals surface area contributed by atoms with Gasteiger partial charge in [-0.2, -0.15) is 0 Å². The van der Waals surface area contributed by atoms with Crippen molar-refractivity contribution < 1.29 is 97.1 Å². The summed E-state index contributed by atoms with van der Waals surface area (Å²) in [4.78, 5) is 175. The van der Waals surface area contributed by atoms with E-state index in [9.17, 15) is 76.7 Å². The van der Waals surface area contributed by atoms with Crippen molar-refractivity contribution >= 4 is 93.3 Å². The molecule has 0 aromatic heterocycles. The Morgan fingerprint density at radius 2 is 0.316 bits per heavy atom. The van der Waals surface area contributed by atoms with Gasteiger partial charge in [0.2, 0.25) is 0 Å². The van der Waals surface area contributed by atoms with Crippen molar-refractivity contribution in [2.45, 2.75) is 104 Å². The lowest BCUT2D eigenvalue weighted by atomic mass is 10.00. The second kappa shape index (κ2) is 40.3. The third kappa shape index (κ3) is 30.4. The van der Waals surface area contributed by atoms with Gasteiger partial charge in [-0.3, -0.25) is 57.5 Å². The van der Waals surface area contributed by atoms with E-state index in [1.54, 1.807) is 73.7 Å². The minimum atomic E-state index is -1.15. The molecule has 0 bridgehead atoms. The first-order chi connectivity index (χ1) is 44.1. The fraction of sp³-hybridized carbons (Fsp3) is 0.216. The van der Waals surface area contributed by atoms with Crippen LogP contribution in [0.15, 0.2) is 140 Å². The molecule has 95 heavy (non-hydrogen) atoms. The summed E-state index contributed by atoms with van der Waals surface area (Å²) in [6.07, 6.45) is 0. The predicted molar refractivity (Wildman–Crippen MR) is 357 cm³/mol. The first kappa shape index (κ1) is 83.4. The third-order valence-electron chi connectivity index (χ3n) is 12.7. The van der Waals surface area contributed by atoms with Crippen LogP contribution in [0.3, 0.4) is 0 Å². The summed E-state index contributed by atoms with van der Waals surface area (Å²) in [5.41, 5.74) is 12.9. The van der Waals surface area contributed by atoms with Gasteiger partial charge >= 0.3 is 23.9 Å². The zero-order valence-electron chi connectivity index (χ0n) is 55.7. The number of carboxylic acids is 4. The summed E-state index contributed by atoms with van der Waals surface area (Å²) < 4.78 is 0. The Morgan fingerprint density at radius 3 is 0.474 bits per heavy atom. The number of rotatable bonds is 16. The maximum Gasteiger partial charge on any atom is 0.335 e. The lowest BCUT2D eigenvalue weighted by Crippen LogP contribution is -2.04. The van der Waals surface area contributed by atoms with E-state index in [2.05, 4.69) is 5.73 Å². The highest BCUT2D eigenvalue weighted by molar-refractivity contribution is 6.06. The lowest BCUT2D eigenvalue weighted by molar-refractivity contribution is 0.0685. The van der Waals surface area contributed by atoms with Crippen LogP contribution in [0.4, 0.5) is 0 Å². The van der Waals surface area contributed by atoms with Crippen molar-refractivity contribution in [1.29, 1.82) is 0 Å². The molecule has 0 aliphatic rings. The number of hydrogen-bond acceptors (Lipinski definition) is 17. The van der Waals surface area contributed by atoms with Crippen LogP contribution < -0.4 is 5.73 Å². The molecule has 0 radical (unpaired) electrons. The number of carboxylic acid groups (broad SMARTS) is 4. The van der Waals surface area contributed by atoms with Crippen LogP contribution in [0.1, 0.15) is 266 Å². The standard InChI is InChI=1S/C12H12O3.C11H10O4.2C11H12O2.C10H10O3.2C9H8O3.CH5N/c1-7(13)10-4-11(8(2)14)6-12(5-10)9(3)15;1-6(12)8-3-9(7(2)13)5-10(4-8)11(14)15;2*1-7-4-10(8(2)12)6-11(5-7)9(3)13;1-6-3-8(7(2)11)5-9(4-6)10(12)13;2*1-6(10)7-3-2-4-8(5-7)9(11)12;1-2/h4-6H,1-3H3;3-5H,1-2H3,(H,14,15);2*4-6H,1-3H3;3-5H,1-2H3,(H,12,13);2*2-5H,1H3,(H,11,12);2H2,1H3. The first-order valence-corrected chi connectivity index (χ1v) is 28.5. The molecular formula is C74H77NO20. The first-order valence-electron chi connectivity index (χ1n) is 28.5. The molecule has 7 rings (SSSR count). The van der Waals surface area contributed by atoms with Crippen LogP contribution in [0.25, 0.3) is 0 Å². The minimum Gasteiger partial charge on any atom is -0.478 e. The summed E-state index contributed by atoms with van der Waals surface area (Å²) in [6.45, 7) is 22.6. The Balaban J connectivity index is 0.00000108. The van der Waals surface area contributed by atoms with Gasteiger partial charge in [0.25, 0.3) is 0 Å². The molecular weight excluding hydrogens is 1220 g/mol. The second-order valence-corrected chi connectivity index (χ2v) is 20.9. The van der Waals surface area contributed by atoms with Crippen molar-refractivity contribution in [3.05, 3.63) is 245 Å². The Morgan fingerprint density at radius 1 is 0.200 bits per heavy atom. The molecule has 0 aliphatic carbocycles. The SMILES string of the molecule is CC(=O)c1cc(C(C)=O)cc(C(=O)O)c1.CC(=O)c1cc(C(C)=O)cc(C(C)=O)c1.CC(=O)c1cc(C)cc(C(=O)O)c1.CC(=O)c1cc(C)cc(C(C)=O)c1.CC(=O)c1cc(C)cc(C(C)=O)c1.CC(=O)c1cccc(C(=O)O)c1.CC(=O)c1cccc(C(=O)O)c1.CN. The third-order valence-corrected chi connectivity index (χ3v) is 12.7. The van der Waals surface area contributed by atoms with Crippen molar-refractivity contribution in [3.63, 3.8) is 0 Å². The zero-order chi connectivity index (χ0) is 73.5. The average Bonchev–Trinajstić information content (AvgIpc) is 1.29. The van der Waals surface area contributed by atoms with Gasteiger partial charge in [0.1, 0.15) is 0 Å². The molecule has 0 heterocycles. The number of carbonyl (C=O) groups excluding carboxylic acids is 12. The van der Waals surface area contributed by atoms with Crippen molar-refractivity contribution in [2.75, 3.05) is 7.05 Å². The minimum absolute atomic E-state index is 0.00815. The van der Waals surface area contributed by atoms with E-state index in [1.165, 1.54) is 163 Å². The Hall–Kier alpha value is -11.6. The van der Waals surface area contributed by atoms with Crippen molar-refractivity contribution in [2.24, 2.45) is 5.73 Å². The Kier molecular flexibility index (Phi) is 35.4. The number of carbonyl (C=O) groups is 16. The van der Waals surface area contributed by atoms with E-state index in [0.717, 1.165) is 16.7 Å². The van der Waals surface area contributed by atoms with E-state index >= 15 is 0 Å². The molecule has 0 saturated carbocycles. The molecule has 0 spiro atoms.